The highest BCUT2D eigenvalue weighted by Crippen LogP contribution is 2.20. The largest absolute Gasteiger partial charge is 0.384 e. The molecule has 0 atom stereocenters. The third-order valence-electron chi connectivity index (χ3n) is 2.29. The molecule has 1 N–H and O–H groups in total. The minimum absolute atomic E-state index is 0.0165. The highest BCUT2D eigenvalue weighted by molar-refractivity contribution is 6.30. The Hall–Kier alpha value is -1.46. The summed E-state index contributed by atoms with van der Waals surface area (Å²) in [6.07, 6.45) is 1.57. The first-order chi connectivity index (χ1) is 7.88. The summed E-state index contributed by atoms with van der Waals surface area (Å²) in [4.78, 5) is 0. The summed E-state index contributed by atoms with van der Waals surface area (Å²) < 4.78 is 14.4. The van der Waals surface area contributed by atoms with Crippen molar-refractivity contribution in [2.45, 2.75) is 19.4 Å². The summed E-state index contributed by atoms with van der Waals surface area (Å²) in [6, 6.07) is 4.23. The fourth-order valence-corrected chi connectivity index (χ4v) is 1.47. The van der Waals surface area contributed by atoms with Gasteiger partial charge < -0.3 is 5.11 Å². The number of aromatic nitrogens is 3. The van der Waals surface area contributed by atoms with E-state index >= 15 is 0 Å². The first-order valence-electron chi connectivity index (χ1n) is 4.98. The maximum Gasteiger partial charge on any atom is 0.141 e. The van der Waals surface area contributed by atoms with Crippen LogP contribution in [0.15, 0.2) is 24.4 Å². The molecule has 0 aliphatic rings. The maximum atomic E-state index is 13.0. The van der Waals surface area contributed by atoms with E-state index in [2.05, 4.69) is 10.3 Å². The van der Waals surface area contributed by atoms with Crippen LogP contribution in [0.4, 0.5) is 4.39 Å². The summed E-state index contributed by atoms with van der Waals surface area (Å²) in [6.45, 7) is 3.22. The standard InChI is InChI=1S/C11H11ClFN3O/c1-11(2,17)10-6-16(15-14-10)7-3-4-9(13)8(12)5-7/h3-6,17H,1-2H3. The number of halogens is 2. The lowest BCUT2D eigenvalue weighted by Gasteiger charge is -2.11. The van der Waals surface area contributed by atoms with Crippen LogP contribution in [0.25, 0.3) is 5.69 Å². The lowest BCUT2D eigenvalue weighted by atomic mass is 10.1. The summed E-state index contributed by atoms with van der Waals surface area (Å²) in [5.41, 5.74) is -0.0560. The Kier molecular flexibility index (Phi) is 2.89. The van der Waals surface area contributed by atoms with Gasteiger partial charge in [0, 0.05) is 0 Å². The quantitative estimate of drug-likeness (QED) is 0.896. The topological polar surface area (TPSA) is 50.9 Å². The van der Waals surface area contributed by atoms with E-state index in [1.165, 1.54) is 22.9 Å². The van der Waals surface area contributed by atoms with E-state index in [9.17, 15) is 9.50 Å². The second-order valence-corrected chi connectivity index (χ2v) is 4.61. The molecule has 90 valence electrons. The second kappa shape index (κ2) is 4.09. The molecule has 1 aromatic carbocycles. The maximum absolute atomic E-state index is 13.0. The fraction of sp³-hybridized carbons (Fsp3) is 0.273. The molecular weight excluding hydrogens is 245 g/mol. The predicted octanol–water partition coefficient (Wildman–Crippen LogP) is 2.29. The van der Waals surface area contributed by atoms with Crippen molar-refractivity contribution in [1.82, 2.24) is 15.0 Å². The molecule has 1 heterocycles. The first kappa shape index (κ1) is 12.0. The van der Waals surface area contributed by atoms with Gasteiger partial charge >= 0.3 is 0 Å². The molecule has 0 bridgehead atoms. The molecule has 17 heavy (non-hydrogen) atoms. The van der Waals surface area contributed by atoms with Gasteiger partial charge in [-0.05, 0) is 32.0 Å². The highest BCUT2D eigenvalue weighted by Gasteiger charge is 2.20. The lowest BCUT2D eigenvalue weighted by Crippen LogP contribution is -2.15. The summed E-state index contributed by atoms with van der Waals surface area (Å²) in [5, 5.41) is 17.5. The average Bonchev–Trinajstić information content (AvgIpc) is 2.70. The highest BCUT2D eigenvalue weighted by atomic mass is 35.5. The molecule has 1 aromatic heterocycles. The summed E-state index contributed by atoms with van der Waals surface area (Å²) >= 11 is 5.67. The van der Waals surface area contributed by atoms with Crippen molar-refractivity contribution in [1.29, 1.82) is 0 Å². The van der Waals surface area contributed by atoms with Crippen LogP contribution in [-0.2, 0) is 5.60 Å². The molecule has 0 aliphatic carbocycles. The fourth-order valence-electron chi connectivity index (χ4n) is 1.30. The van der Waals surface area contributed by atoms with E-state index in [1.54, 1.807) is 20.0 Å². The third-order valence-corrected chi connectivity index (χ3v) is 2.58. The van der Waals surface area contributed by atoms with E-state index in [1.807, 2.05) is 0 Å². The molecule has 0 aliphatic heterocycles. The van der Waals surface area contributed by atoms with Crippen LogP contribution >= 0.6 is 11.6 Å². The first-order valence-corrected chi connectivity index (χ1v) is 5.36. The Labute approximate surface area is 103 Å². The molecule has 4 nitrogen and oxygen atoms in total. The monoisotopic (exact) mass is 255 g/mol. The minimum atomic E-state index is -1.07. The Morgan fingerprint density at radius 2 is 2.12 bits per heavy atom. The Morgan fingerprint density at radius 3 is 2.65 bits per heavy atom. The Morgan fingerprint density at radius 1 is 1.41 bits per heavy atom. The van der Waals surface area contributed by atoms with Gasteiger partial charge in [-0.2, -0.15) is 0 Å². The van der Waals surface area contributed by atoms with Crippen molar-refractivity contribution in [3.05, 3.63) is 40.9 Å². The van der Waals surface area contributed by atoms with Crippen molar-refractivity contribution in [2.24, 2.45) is 0 Å². The zero-order valence-electron chi connectivity index (χ0n) is 9.35. The van der Waals surface area contributed by atoms with Crippen LogP contribution in [-0.4, -0.2) is 20.1 Å². The summed E-state index contributed by atoms with van der Waals surface area (Å²) in [5.74, 6) is -0.488. The molecule has 0 saturated carbocycles. The van der Waals surface area contributed by atoms with Gasteiger partial charge in [0.15, 0.2) is 0 Å². The lowest BCUT2D eigenvalue weighted by molar-refractivity contribution is 0.0737. The van der Waals surface area contributed by atoms with E-state index < -0.39 is 11.4 Å². The van der Waals surface area contributed by atoms with Crippen LogP contribution < -0.4 is 0 Å². The average molecular weight is 256 g/mol. The molecule has 0 fully saturated rings. The van der Waals surface area contributed by atoms with Gasteiger partial charge in [-0.3, -0.25) is 0 Å². The third kappa shape index (κ3) is 2.45. The van der Waals surface area contributed by atoms with Crippen molar-refractivity contribution in [3.63, 3.8) is 0 Å². The number of nitrogens with zero attached hydrogens (tertiary/aromatic N) is 3. The number of aliphatic hydroxyl groups is 1. The second-order valence-electron chi connectivity index (χ2n) is 4.21. The normalized spacial score (nSPS) is 11.8. The smallest absolute Gasteiger partial charge is 0.141 e. The van der Waals surface area contributed by atoms with Crippen molar-refractivity contribution in [2.75, 3.05) is 0 Å². The van der Waals surface area contributed by atoms with E-state index in [0.717, 1.165) is 0 Å². The van der Waals surface area contributed by atoms with Crippen LogP contribution in [0.3, 0.4) is 0 Å². The molecule has 0 amide bonds. The van der Waals surface area contributed by atoms with E-state index in [-0.39, 0.29) is 5.02 Å². The zero-order chi connectivity index (χ0) is 12.6. The van der Waals surface area contributed by atoms with Crippen LogP contribution in [0.5, 0.6) is 0 Å². The number of rotatable bonds is 2. The van der Waals surface area contributed by atoms with Gasteiger partial charge in [-0.1, -0.05) is 16.8 Å². The minimum Gasteiger partial charge on any atom is -0.384 e. The molecule has 0 radical (unpaired) electrons. The van der Waals surface area contributed by atoms with E-state index in [4.69, 9.17) is 11.6 Å². The molecule has 2 aromatic rings. The molecule has 0 saturated heterocycles. The SMILES string of the molecule is CC(C)(O)c1cn(-c2ccc(F)c(Cl)c2)nn1. The van der Waals surface area contributed by atoms with Crippen LogP contribution in [0, 0.1) is 5.82 Å². The molecular formula is C11H11ClFN3O. The molecule has 6 heteroatoms. The van der Waals surface area contributed by atoms with Gasteiger partial charge in [0.25, 0.3) is 0 Å². The van der Waals surface area contributed by atoms with Crippen LogP contribution in [0.1, 0.15) is 19.5 Å². The van der Waals surface area contributed by atoms with Gasteiger partial charge in [0.05, 0.1) is 16.9 Å². The van der Waals surface area contributed by atoms with Gasteiger partial charge in [0.1, 0.15) is 17.1 Å². The molecule has 2 rings (SSSR count). The van der Waals surface area contributed by atoms with E-state index in [0.29, 0.717) is 11.4 Å². The van der Waals surface area contributed by atoms with Gasteiger partial charge in [-0.25, -0.2) is 9.07 Å². The van der Waals surface area contributed by atoms with Gasteiger partial charge in [0.2, 0.25) is 0 Å². The predicted molar refractivity (Wildman–Crippen MR) is 61.6 cm³/mol. The zero-order valence-corrected chi connectivity index (χ0v) is 10.1. The number of hydrogen-bond acceptors (Lipinski definition) is 3. The van der Waals surface area contributed by atoms with Crippen molar-refractivity contribution in [3.8, 4) is 5.69 Å². The van der Waals surface area contributed by atoms with Crippen molar-refractivity contribution >= 4 is 11.6 Å². The Balaban J connectivity index is 2.40. The van der Waals surface area contributed by atoms with Crippen LogP contribution in [0.2, 0.25) is 5.02 Å². The number of benzene rings is 1. The Bertz CT molecular complexity index is 548. The summed E-state index contributed by atoms with van der Waals surface area (Å²) in [7, 11) is 0. The van der Waals surface area contributed by atoms with Gasteiger partial charge in [-0.15, -0.1) is 5.10 Å². The van der Waals surface area contributed by atoms with Crippen molar-refractivity contribution < 1.29 is 9.50 Å². The molecule has 0 unspecified atom stereocenters. The number of hydrogen-bond donors (Lipinski definition) is 1. The molecule has 0 spiro atoms.